The van der Waals surface area contributed by atoms with Crippen LogP contribution >= 0.6 is 11.6 Å². The number of nitrogens with one attached hydrogen (secondary N) is 1. The molecule has 0 aliphatic heterocycles. The van der Waals surface area contributed by atoms with Crippen LogP contribution in [0.5, 0.6) is 0 Å². The van der Waals surface area contributed by atoms with Crippen molar-refractivity contribution in [3.63, 3.8) is 0 Å². The van der Waals surface area contributed by atoms with E-state index >= 15 is 0 Å². The molecule has 8 heteroatoms. The van der Waals surface area contributed by atoms with Crippen molar-refractivity contribution in [2.45, 2.75) is 31.7 Å². The maximum absolute atomic E-state index is 13.2. The predicted molar refractivity (Wildman–Crippen MR) is 114 cm³/mol. The monoisotopic (exact) mass is 438 g/mol. The second-order valence-electron chi connectivity index (χ2n) is 6.61. The van der Waals surface area contributed by atoms with Crippen LogP contribution in [0.25, 0.3) is 0 Å². The second-order valence-corrected chi connectivity index (χ2v) is 8.99. The Balaban J connectivity index is 2.15. The number of carbonyl (C=O) groups excluding carboxylic acids is 1. The van der Waals surface area contributed by atoms with E-state index in [0.29, 0.717) is 31.2 Å². The molecule has 6 nitrogen and oxygen atoms in total. The van der Waals surface area contributed by atoms with Crippen molar-refractivity contribution in [1.29, 1.82) is 0 Å². The fourth-order valence-corrected chi connectivity index (χ4v) is 4.15. The molecule has 0 aliphatic carbocycles. The van der Waals surface area contributed by atoms with Gasteiger partial charge in [0.15, 0.2) is 0 Å². The number of hydrogen-bond donors (Lipinski definition) is 1. The van der Waals surface area contributed by atoms with Crippen LogP contribution in [-0.2, 0) is 26.1 Å². The van der Waals surface area contributed by atoms with Gasteiger partial charge in [0.1, 0.15) is 0 Å². The number of benzene rings is 2. The second kappa shape index (κ2) is 11.3. The minimum Gasteiger partial charge on any atom is -0.382 e. The van der Waals surface area contributed by atoms with Crippen molar-refractivity contribution in [2.24, 2.45) is 0 Å². The number of halogens is 1. The maximum Gasteiger partial charge on any atom is 0.243 e. The van der Waals surface area contributed by atoms with Gasteiger partial charge in [-0.2, -0.15) is 4.31 Å². The lowest BCUT2D eigenvalue weighted by Gasteiger charge is -2.22. The van der Waals surface area contributed by atoms with Crippen LogP contribution in [0.2, 0.25) is 5.02 Å². The summed E-state index contributed by atoms with van der Waals surface area (Å²) in [5.74, 6) is -0.355. The molecule has 0 spiro atoms. The third kappa shape index (κ3) is 7.44. The number of sulfonamides is 1. The highest BCUT2D eigenvalue weighted by Crippen LogP contribution is 2.20. The van der Waals surface area contributed by atoms with Crippen LogP contribution in [0.15, 0.2) is 53.4 Å². The van der Waals surface area contributed by atoms with E-state index in [4.69, 9.17) is 16.3 Å². The molecule has 0 unspecified atom stereocenters. The van der Waals surface area contributed by atoms with E-state index in [2.05, 4.69) is 5.32 Å². The first-order chi connectivity index (χ1) is 13.8. The van der Waals surface area contributed by atoms with Crippen molar-refractivity contribution < 1.29 is 17.9 Å². The van der Waals surface area contributed by atoms with E-state index in [-0.39, 0.29) is 23.9 Å². The molecule has 0 aliphatic rings. The summed E-state index contributed by atoms with van der Waals surface area (Å²) in [5, 5.41) is 3.32. The van der Waals surface area contributed by atoms with Crippen molar-refractivity contribution in [2.75, 3.05) is 26.3 Å². The lowest BCUT2D eigenvalue weighted by atomic mass is 10.2. The molecule has 2 rings (SSSR count). The van der Waals surface area contributed by atoms with Crippen molar-refractivity contribution in [3.8, 4) is 0 Å². The third-order valence-corrected chi connectivity index (χ3v) is 6.30. The summed E-state index contributed by atoms with van der Waals surface area (Å²) in [4.78, 5) is 12.5. The molecule has 0 bridgehead atoms. The summed E-state index contributed by atoms with van der Waals surface area (Å²) >= 11 is 5.92. The first-order valence-corrected chi connectivity index (χ1v) is 11.3. The summed E-state index contributed by atoms with van der Waals surface area (Å²) in [6.45, 7) is 5.19. The predicted octanol–water partition coefficient (Wildman–Crippen LogP) is 3.38. The minimum absolute atomic E-state index is 0.0692. The summed E-state index contributed by atoms with van der Waals surface area (Å²) in [7, 11) is -3.85. The molecule has 0 heterocycles. The lowest BCUT2D eigenvalue weighted by molar-refractivity contribution is -0.121. The van der Waals surface area contributed by atoms with E-state index in [1.54, 1.807) is 48.5 Å². The molecular formula is C21H27ClN2O4S. The number of ether oxygens (including phenoxy) is 1. The van der Waals surface area contributed by atoms with E-state index < -0.39 is 10.0 Å². The van der Waals surface area contributed by atoms with E-state index in [0.717, 1.165) is 11.1 Å². The van der Waals surface area contributed by atoms with E-state index in [1.807, 2.05) is 13.8 Å². The molecule has 0 aromatic heterocycles. The summed E-state index contributed by atoms with van der Waals surface area (Å²) in [5.41, 5.74) is 1.70. The quantitative estimate of drug-likeness (QED) is 0.545. The molecule has 1 N–H and O–H groups in total. The normalized spacial score (nSPS) is 11.6. The van der Waals surface area contributed by atoms with Gasteiger partial charge in [0.25, 0.3) is 0 Å². The standard InChI is InChI=1S/C21H27ClN2O4S/c1-3-28-14-4-13-23-21(25)16-24(15-18-7-9-19(22)10-8-18)29(26,27)20-11-5-17(2)6-12-20/h5-12H,3-4,13-16H2,1-2H3,(H,23,25). The first-order valence-electron chi connectivity index (χ1n) is 9.48. The van der Waals surface area contributed by atoms with Crippen LogP contribution in [0.3, 0.4) is 0 Å². The molecular weight excluding hydrogens is 412 g/mol. The molecule has 0 atom stereocenters. The zero-order valence-electron chi connectivity index (χ0n) is 16.7. The summed E-state index contributed by atoms with van der Waals surface area (Å²) in [6.07, 6.45) is 0.668. The van der Waals surface area contributed by atoms with Crippen LogP contribution in [-0.4, -0.2) is 44.9 Å². The van der Waals surface area contributed by atoms with Crippen molar-refractivity contribution in [1.82, 2.24) is 9.62 Å². The Morgan fingerprint density at radius 3 is 2.38 bits per heavy atom. The molecule has 0 radical (unpaired) electrons. The average molecular weight is 439 g/mol. The SMILES string of the molecule is CCOCCCNC(=O)CN(Cc1ccc(Cl)cc1)S(=O)(=O)c1ccc(C)cc1. The summed E-state index contributed by atoms with van der Waals surface area (Å²) in [6, 6.07) is 13.5. The highest BCUT2D eigenvalue weighted by atomic mass is 35.5. The number of aryl methyl sites for hydroxylation is 1. The van der Waals surface area contributed by atoms with Gasteiger partial charge in [-0.15, -0.1) is 0 Å². The van der Waals surface area contributed by atoms with Gasteiger partial charge in [-0.25, -0.2) is 8.42 Å². The zero-order chi connectivity index (χ0) is 21.3. The average Bonchev–Trinajstić information content (AvgIpc) is 2.69. The Morgan fingerprint density at radius 1 is 1.10 bits per heavy atom. The van der Waals surface area contributed by atoms with Crippen LogP contribution in [0.4, 0.5) is 0 Å². The van der Waals surface area contributed by atoms with Crippen LogP contribution < -0.4 is 5.32 Å². The van der Waals surface area contributed by atoms with Crippen LogP contribution in [0.1, 0.15) is 24.5 Å². The molecule has 2 aromatic carbocycles. The van der Waals surface area contributed by atoms with Crippen molar-refractivity contribution in [3.05, 3.63) is 64.7 Å². The molecule has 0 fully saturated rings. The molecule has 29 heavy (non-hydrogen) atoms. The van der Waals surface area contributed by atoms with E-state index in [1.165, 1.54) is 4.31 Å². The molecule has 1 amide bonds. The molecule has 0 saturated carbocycles. The number of amides is 1. The van der Waals surface area contributed by atoms with Gasteiger partial charge >= 0.3 is 0 Å². The fraction of sp³-hybridized carbons (Fsp3) is 0.381. The molecule has 2 aromatic rings. The number of carbonyl (C=O) groups is 1. The Hall–Kier alpha value is -1.93. The maximum atomic E-state index is 13.2. The Kier molecular flexibility index (Phi) is 9.10. The van der Waals surface area contributed by atoms with Gasteiger partial charge in [0.05, 0.1) is 11.4 Å². The highest BCUT2D eigenvalue weighted by molar-refractivity contribution is 7.89. The fourth-order valence-electron chi connectivity index (χ4n) is 2.64. The smallest absolute Gasteiger partial charge is 0.243 e. The van der Waals surface area contributed by atoms with Crippen LogP contribution in [0, 0.1) is 6.92 Å². The number of rotatable bonds is 11. The number of nitrogens with zero attached hydrogens (tertiary/aromatic N) is 1. The molecule has 158 valence electrons. The Labute approximate surface area is 177 Å². The molecule has 0 saturated heterocycles. The van der Waals surface area contributed by atoms with Gasteiger partial charge < -0.3 is 10.1 Å². The van der Waals surface area contributed by atoms with Gasteiger partial charge in [-0.3, -0.25) is 4.79 Å². The highest BCUT2D eigenvalue weighted by Gasteiger charge is 2.26. The van der Waals surface area contributed by atoms with E-state index in [9.17, 15) is 13.2 Å². The first kappa shape index (κ1) is 23.3. The van der Waals surface area contributed by atoms with Gasteiger partial charge in [0.2, 0.25) is 15.9 Å². The van der Waals surface area contributed by atoms with Gasteiger partial charge in [-0.05, 0) is 50.1 Å². The zero-order valence-corrected chi connectivity index (χ0v) is 18.3. The van der Waals surface area contributed by atoms with Gasteiger partial charge in [0, 0.05) is 31.3 Å². The topological polar surface area (TPSA) is 75.7 Å². The Bertz CT molecular complexity index is 884. The Morgan fingerprint density at radius 2 is 1.76 bits per heavy atom. The summed E-state index contributed by atoms with van der Waals surface area (Å²) < 4.78 is 32.7. The van der Waals surface area contributed by atoms with Crippen molar-refractivity contribution >= 4 is 27.5 Å². The third-order valence-electron chi connectivity index (χ3n) is 4.24. The lowest BCUT2D eigenvalue weighted by Crippen LogP contribution is -2.40. The largest absolute Gasteiger partial charge is 0.382 e. The minimum atomic E-state index is -3.85. The van der Waals surface area contributed by atoms with Gasteiger partial charge in [-0.1, -0.05) is 41.4 Å². The number of hydrogen-bond acceptors (Lipinski definition) is 4.